The summed E-state index contributed by atoms with van der Waals surface area (Å²) in [4.78, 5) is 8.96. The van der Waals surface area contributed by atoms with Crippen LogP contribution in [0.4, 0.5) is 4.39 Å². The maximum Gasteiger partial charge on any atom is 0.170 e. The highest BCUT2D eigenvalue weighted by molar-refractivity contribution is 5.89. The van der Waals surface area contributed by atoms with Gasteiger partial charge in [-0.15, -0.1) is 5.10 Å². The van der Waals surface area contributed by atoms with E-state index in [1.54, 1.807) is 33.9 Å². The van der Waals surface area contributed by atoms with Crippen LogP contribution >= 0.6 is 0 Å². The van der Waals surface area contributed by atoms with Crippen LogP contribution < -0.4 is 0 Å². The van der Waals surface area contributed by atoms with E-state index in [0.29, 0.717) is 5.65 Å². The zero-order valence-electron chi connectivity index (χ0n) is 11.9. The summed E-state index contributed by atoms with van der Waals surface area (Å²) in [6.07, 6.45) is 5.16. The maximum absolute atomic E-state index is 13.1. The Morgan fingerprint density at radius 3 is 2.73 bits per heavy atom. The van der Waals surface area contributed by atoms with Gasteiger partial charge in [-0.3, -0.25) is 0 Å². The normalized spacial score (nSPS) is 11.5. The van der Waals surface area contributed by atoms with Gasteiger partial charge >= 0.3 is 0 Å². The van der Waals surface area contributed by atoms with Gasteiger partial charge < -0.3 is 0 Å². The summed E-state index contributed by atoms with van der Waals surface area (Å²) in [5.74, 6) is 0.517. The third kappa shape index (κ3) is 1.93. The number of aryl methyl sites for hydroxylation is 1. The van der Waals surface area contributed by atoms with Crippen LogP contribution in [0.1, 0.15) is 19.2 Å². The lowest BCUT2D eigenvalue weighted by molar-refractivity contribution is 0.627. The quantitative estimate of drug-likeness (QED) is 0.583. The highest BCUT2D eigenvalue weighted by atomic mass is 19.1. The van der Waals surface area contributed by atoms with Gasteiger partial charge in [0.25, 0.3) is 0 Å². The Kier molecular flexibility index (Phi) is 2.85. The number of aromatic nitrogens is 6. The molecule has 0 atom stereocenters. The van der Waals surface area contributed by atoms with E-state index >= 15 is 0 Å². The Balaban J connectivity index is 1.91. The third-order valence-electron chi connectivity index (χ3n) is 3.49. The molecule has 0 saturated heterocycles. The molecule has 0 spiro atoms. The third-order valence-corrected chi connectivity index (χ3v) is 3.49. The molecule has 0 fully saturated rings. The fourth-order valence-corrected chi connectivity index (χ4v) is 2.47. The Labute approximate surface area is 125 Å². The second-order valence-corrected chi connectivity index (χ2v) is 5.06. The van der Waals surface area contributed by atoms with Crippen LogP contribution in [0.5, 0.6) is 0 Å². The fourth-order valence-electron chi connectivity index (χ4n) is 2.47. The van der Waals surface area contributed by atoms with Crippen molar-refractivity contribution in [3.05, 3.63) is 48.4 Å². The summed E-state index contributed by atoms with van der Waals surface area (Å²) >= 11 is 0. The van der Waals surface area contributed by atoms with Gasteiger partial charge in [0.1, 0.15) is 12.1 Å². The van der Waals surface area contributed by atoms with Gasteiger partial charge in [-0.1, -0.05) is 6.92 Å². The molecule has 3 aromatic heterocycles. The highest BCUT2D eigenvalue weighted by Gasteiger charge is 2.13. The Morgan fingerprint density at radius 1 is 1.14 bits per heavy atom. The summed E-state index contributed by atoms with van der Waals surface area (Å²) in [7, 11) is 0. The molecule has 0 bridgehead atoms. The zero-order chi connectivity index (χ0) is 15.1. The van der Waals surface area contributed by atoms with Crippen LogP contribution in [0, 0.1) is 5.82 Å². The second-order valence-electron chi connectivity index (χ2n) is 5.06. The van der Waals surface area contributed by atoms with Crippen LogP contribution in [0.25, 0.3) is 22.4 Å². The van der Waals surface area contributed by atoms with Crippen LogP contribution in [0.3, 0.4) is 0 Å². The SMILES string of the molecule is CCCc1nc2c3cnn(-c4ccc(F)cc4)c3ncn2n1. The van der Waals surface area contributed by atoms with Crippen LogP contribution in [0.15, 0.2) is 36.8 Å². The monoisotopic (exact) mass is 296 g/mol. The average molecular weight is 296 g/mol. The predicted octanol–water partition coefficient (Wildman–Crippen LogP) is 2.55. The van der Waals surface area contributed by atoms with E-state index < -0.39 is 0 Å². The van der Waals surface area contributed by atoms with Crippen molar-refractivity contribution in [3.63, 3.8) is 0 Å². The molecule has 22 heavy (non-hydrogen) atoms. The lowest BCUT2D eigenvalue weighted by atomic mass is 10.3. The summed E-state index contributed by atoms with van der Waals surface area (Å²) in [5.41, 5.74) is 2.16. The van der Waals surface area contributed by atoms with Crippen molar-refractivity contribution >= 4 is 16.7 Å². The lowest BCUT2D eigenvalue weighted by Crippen LogP contribution is -1.99. The van der Waals surface area contributed by atoms with E-state index in [1.807, 2.05) is 0 Å². The van der Waals surface area contributed by atoms with E-state index in [4.69, 9.17) is 0 Å². The first-order valence-electron chi connectivity index (χ1n) is 7.10. The number of hydrogen-bond acceptors (Lipinski definition) is 4. The lowest BCUT2D eigenvalue weighted by Gasteiger charge is -2.02. The minimum Gasteiger partial charge on any atom is -0.216 e. The number of fused-ring (bicyclic) bond motifs is 3. The van der Waals surface area contributed by atoms with Crippen molar-refractivity contribution in [1.82, 2.24) is 29.4 Å². The number of nitrogens with zero attached hydrogens (tertiary/aromatic N) is 6. The molecule has 0 unspecified atom stereocenters. The van der Waals surface area contributed by atoms with Crippen LogP contribution in [0.2, 0.25) is 0 Å². The van der Waals surface area contributed by atoms with E-state index in [0.717, 1.165) is 35.4 Å². The molecule has 0 N–H and O–H groups in total. The molecule has 4 aromatic rings. The zero-order valence-corrected chi connectivity index (χ0v) is 11.9. The van der Waals surface area contributed by atoms with E-state index in [1.165, 1.54) is 12.1 Å². The van der Waals surface area contributed by atoms with Gasteiger partial charge in [0, 0.05) is 6.42 Å². The van der Waals surface area contributed by atoms with Crippen molar-refractivity contribution < 1.29 is 4.39 Å². The second kappa shape index (κ2) is 4.87. The molecule has 7 heteroatoms. The molecule has 3 heterocycles. The molecule has 0 radical (unpaired) electrons. The molecule has 0 aliphatic rings. The number of rotatable bonds is 3. The van der Waals surface area contributed by atoms with E-state index in [9.17, 15) is 4.39 Å². The summed E-state index contributed by atoms with van der Waals surface area (Å²) in [6.45, 7) is 2.09. The molecule has 110 valence electrons. The Hall–Kier alpha value is -2.83. The average Bonchev–Trinajstić information content (AvgIpc) is 3.11. The molecule has 1 aromatic carbocycles. The van der Waals surface area contributed by atoms with Crippen molar-refractivity contribution in [2.45, 2.75) is 19.8 Å². The minimum absolute atomic E-state index is 0.280. The van der Waals surface area contributed by atoms with E-state index in [2.05, 4.69) is 27.1 Å². The molecule has 0 amide bonds. The summed E-state index contributed by atoms with van der Waals surface area (Å²) < 4.78 is 16.4. The largest absolute Gasteiger partial charge is 0.216 e. The van der Waals surface area contributed by atoms with Gasteiger partial charge in [-0.2, -0.15) is 5.10 Å². The minimum atomic E-state index is -0.280. The first-order valence-corrected chi connectivity index (χ1v) is 7.10. The Bertz CT molecular complexity index is 953. The number of halogens is 1. The molecule has 4 rings (SSSR count). The molecule has 6 nitrogen and oxygen atoms in total. The molecule has 0 saturated carbocycles. The fraction of sp³-hybridized carbons (Fsp3) is 0.200. The Morgan fingerprint density at radius 2 is 1.95 bits per heavy atom. The van der Waals surface area contributed by atoms with Gasteiger partial charge in [0.05, 0.1) is 17.3 Å². The van der Waals surface area contributed by atoms with Crippen molar-refractivity contribution in [2.75, 3.05) is 0 Å². The maximum atomic E-state index is 13.1. The summed E-state index contributed by atoms with van der Waals surface area (Å²) in [5, 5.41) is 9.57. The standard InChI is InChI=1S/C15H13FN6/c1-2-3-13-19-15-12-8-18-22(11-6-4-10(16)5-7-11)14(12)17-9-21(15)20-13/h4-9H,2-3H2,1H3. The van der Waals surface area contributed by atoms with Gasteiger partial charge in [0.2, 0.25) is 0 Å². The van der Waals surface area contributed by atoms with E-state index in [-0.39, 0.29) is 5.82 Å². The van der Waals surface area contributed by atoms with Gasteiger partial charge in [0.15, 0.2) is 17.1 Å². The van der Waals surface area contributed by atoms with Crippen molar-refractivity contribution in [3.8, 4) is 5.69 Å². The molecule has 0 aliphatic carbocycles. The number of hydrogen-bond donors (Lipinski definition) is 0. The molecular formula is C15H13FN6. The first kappa shape index (κ1) is 12.9. The smallest absolute Gasteiger partial charge is 0.170 e. The summed E-state index contributed by atoms with van der Waals surface area (Å²) in [6, 6.07) is 6.13. The molecular weight excluding hydrogens is 283 g/mol. The highest BCUT2D eigenvalue weighted by Crippen LogP contribution is 2.20. The topological polar surface area (TPSA) is 60.9 Å². The van der Waals surface area contributed by atoms with Gasteiger partial charge in [-0.25, -0.2) is 23.6 Å². The van der Waals surface area contributed by atoms with Crippen LogP contribution in [-0.4, -0.2) is 29.4 Å². The van der Waals surface area contributed by atoms with Crippen molar-refractivity contribution in [1.29, 1.82) is 0 Å². The number of benzene rings is 1. The van der Waals surface area contributed by atoms with Crippen LogP contribution in [-0.2, 0) is 6.42 Å². The predicted molar refractivity (Wildman–Crippen MR) is 79.4 cm³/mol. The van der Waals surface area contributed by atoms with Gasteiger partial charge in [-0.05, 0) is 30.7 Å². The van der Waals surface area contributed by atoms with Crippen molar-refractivity contribution in [2.24, 2.45) is 0 Å². The molecule has 0 aliphatic heterocycles. The first-order chi connectivity index (χ1) is 10.8.